The fourth-order valence-electron chi connectivity index (χ4n) is 3.31. The van der Waals surface area contributed by atoms with Crippen LogP contribution in [0.2, 0.25) is 0 Å². The van der Waals surface area contributed by atoms with E-state index >= 15 is 0 Å². The number of nitrogens with one attached hydrogen (secondary N) is 1. The molecule has 7 heteroatoms. The summed E-state index contributed by atoms with van der Waals surface area (Å²) >= 11 is 0. The SMILES string of the molecule is O=C(O)c1ccccc1C(=O)NCC1Cn2c(-c3ccccc3)cnc2CO1. The number of nitrogens with zero attached hydrogens (tertiary/aromatic N) is 2. The topological polar surface area (TPSA) is 93.4 Å². The Morgan fingerprint density at radius 3 is 2.57 bits per heavy atom. The van der Waals surface area contributed by atoms with E-state index in [9.17, 15) is 14.7 Å². The van der Waals surface area contributed by atoms with Crippen molar-refractivity contribution in [3.05, 3.63) is 77.7 Å². The minimum Gasteiger partial charge on any atom is -0.478 e. The molecule has 1 amide bonds. The van der Waals surface area contributed by atoms with Gasteiger partial charge in [-0.1, -0.05) is 42.5 Å². The monoisotopic (exact) mass is 377 g/mol. The number of fused-ring (bicyclic) bond motifs is 1. The molecule has 0 fully saturated rings. The maximum Gasteiger partial charge on any atom is 0.336 e. The van der Waals surface area contributed by atoms with E-state index in [-0.39, 0.29) is 23.8 Å². The summed E-state index contributed by atoms with van der Waals surface area (Å²) in [5, 5.41) is 12.0. The normalized spacial score (nSPS) is 15.6. The lowest BCUT2D eigenvalue weighted by molar-refractivity contribution is 0.00374. The number of amides is 1. The third-order valence-electron chi connectivity index (χ3n) is 4.73. The lowest BCUT2D eigenvalue weighted by Gasteiger charge is -2.26. The Balaban J connectivity index is 1.46. The van der Waals surface area contributed by atoms with Crippen LogP contribution in [0.15, 0.2) is 60.8 Å². The second-order valence-electron chi connectivity index (χ2n) is 6.53. The molecular weight excluding hydrogens is 358 g/mol. The van der Waals surface area contributed by atoms with Crippen LogP contribution in [-0.2, 0) is 17.9 Å². The molecule has 1 aliphatic rings. The number of carbonyl (C=O) groups excluding carboxylic acids is 1. The number of ether oxygens (including phenoxy) is 1. The van der Waals surface area contributed by atoms with Crippen molar-refractivity contribution < 1.29 is 19.4 Å². The first-order valence-electron chi connectivity index (χ1n) is 8.95. The molecule has 3 aromatic rings. The molecule has 0 spiro atoms. The van der Waals surface area contributed by atoms with Gasteiger partial charge in [-0.05, 0) is 17.7 Å². The summed E-state index contributed by atoms with van der Waals surface area (Å²) in [7, 11) is 0. The van der Waals surface area contributed by atoms with Crippen molar-refractivity contribution in [3.63, 3.8) is 0 Å². The predicted octanol–water partition coefficient (Wildman–Crippen LogP) is 2.58. The number of hydrogen-bond acceptors (Lipinski definition) is 4. The Bertz CT molecular complexity index is 1010. The van der Waals surface area contributed by atoms with E-state index in [0.29, 0.717) is 13.2 Å². The van der Waals surface area contributed by atoms with Crippen molar-refractivity contribution in [2.24, 2.45) is 0 Å². The molecule has 1 atom stereocenters. The summed E-state index contributed by atoms with van der Waals surface area (Å²) in [6.07, 6.45) is 1.60. The van der Waals surface area contributed by atoms with Crippen LogP contribution in [0.25, 0.3) is 11.3 Å². The number of rotatable bonds is 5. The molecule has 2 N–H and O–H groups in total. The molecule has 1 aromatic heterocycles. The van der Waals surface area contributed by atoms with E-state index in [1.165, 1.54) is 12.1 Å². The van der Waals surface area contributed by atoms with Gasteiger partial charge in [0.2, 0.25) is 0 Å². The van der Waals surface area contributed by atoms with Gasteiger partial charge in [0, 0.05) is 6.54 Å². The highest BCUT2D eigenvalue weighted by molar-refractivity contribution is 6.04. The minimum atomic E-state index is -1.13. The molecule has 142 valence electrons. The van der Waals surface area contributed by atoms with Crippen LogP contribution in [-0.4, -0.2) is 39.2 Å². The maximum atomic E-state index is 12.4. The third-order valence-corrected chi connectivity index (χ3v) is 4.73. The zero-order chi connectivity index (χ0) is 19.5. The third kappa shape index (κ3) is 3.52. The van der Waals surface area contributed by atoms with Gasteiger partial charge in [0.1, 0.15) is 12.4 Å². The second kappa shape index (κ2) is 7.66. The van der Waals surface area contributed by atoms with Gasteiger partial charge in [-0.15, -0.1) is 0 Å². The molecule has 0 radical (unpaired) electrons. The molecule has 0 bridgehead atoms. The summed E-state index contributed by atoms with van der Waals surface area (Å²) in [5.41, 5.74) is 2.19. The lowest BCUT2D eigenvalue weighted by atomic mass is 10.1. The van der Waals surface area contributed by atoms with Gasteiger partial charge >= 0.3 is 5.97 Å². The minimum absolute atomic E-state index is 0.0205. The smallest absolute Gasteiger partial charge is 0.336 e. The van der Waals surface area contributed by atoms with Crippen LogP contribution in [0.4, 0.5) is 0 Å². The number of carboxylic acids is 1. The van der Waals surface area contributed by atoms with E-state index in [0.717, 1.165) is 17.1 Å². The highest BCUT2D eigenvalue weighted by Crippen LogP contribution is 2.24. The Hall–Kier alpha value is -3.45. The van der Waals surface area contributed by atoms with Crippen molar-refractivity contribution >= 4 is 11.9 Å². The first-order chi connectivity index (χ1) is 13.6. The standard InChI is InChI=1S/C21H19N3O4/c25-20(16-8-4-5-9-17(16)21(26)27)23-10-15-12-24-18(11-22-19(24)13-28-15)14-6-2-1-3-7-14/h1-9,11,15H,10,12-13H2,(H,23,25)(H,26,27). The lowest BCUT2D eigenvalue weighted by Crippen LogP contribution is -2.39. The molecular formula is C21H19N3O4. The fourth-order valence-corrected chi connectivity index (χ4v) is 3.31. The van der Waals surface area contributed by atoms with Gasteiger partial charge in [0.05, 0.1) is 35.7 Å². The predicted molar refractivity (Wildman–Crippen MR) is 102 cm³/mol. The molecule has 28 heavy (non-hydrogen) atoms. The van der Waals surface area contributed by atoms with Gasteiger partial charge in [0.25, 0.3) is 5.91 Å². The van der Waals surface area contributed by atoms with Crippen LogP contribution < -0.4 is 5.32 Å². The zero-order valence-corrected chi connectivity index (χ0v) is 15.0. The zero-order valence-electron chi connectivity index (χ0n) is 15.0. The quantitative estimate of drug-likeness (QED) is 0.713. The van der Waals surface area contributed by atoms with Gasteiger partial charge in [-0.2, -0.15) is 0 Å². The highest BCUT2D eigenvalue weighted by atomic mass is 16.5. The summed E-state index contributed by atoms with van der Waals surface area (Å²) in [6.45, 7) is 1.19. The molecule has 2 heterocycles. The van der Waals surface area contributed by atoms with E-state index in [2.05, 4.69) is 14.9 Å². The highest BCUT2D eigenvalue weighted by Gasteiger charge is 2.24. The first kappa shape index (κ1) is 17.9. The molecule has 1 aliphatic heterocycles. The molecule has 0 saturated carbocycles. The van der Waals surface area contributed by atoms with Crippen molar-refractivity contribution in [3.8, 4) is 11.3 Å². The summed E-state index contributed by atoms with van der Waals surface area (Å²) in [4.78, 5) is 28.2. The van der Waals surface area contributed by atoms with Crippen molar-refractivity contribution in [1.29, 1.82) is 0 Å². The summed E-state index contributed by atoms with van der Waals surface area (Å²) in [6, 6.07) is 16.1. The molecule has 2 aromatic carbocycles. The van der Waals surface area contributed by atoms with Crippen molar-refractivity contribution in [1.82, 2.24) is 14.9 Å². The van der Waals surface area contributed by atoms with Gasteiger partial charge < -0.3 is 19.7 Å². The Morgan fingerprint density at radius 2 is 1.82 bits per heavy atom. The number of carboxylic acid groups (broad SMARTS) is 1. The summed E-state index contributed by atoms with van der Waals surface area (Å²) in [5.74, 6) is -0.714. The van der Waals surface area contributed by atoms with Crippen molar-refractivity contribution in [2.75, 3.05) is 6.54 Å². The Kier molecular flexibility index (Phi) is 4.90. The number of aromatic nitrogens is 2. The van der Waals surface area contributed by atoms with E-state index in [1.54, 1.807) is 12.1 Å². The number of aromatic carboxylic acids is 1. The van der Waals surface area contributed by atoms with Gasteiger partial charge in [0.15, 0.2) is 0 Å². The van der Waals surface area contributed by atoms with Crippen LogP contribution in [0.5, 0.6) is 0 Å². The maximum absolute atomic E-state index is 12.4. The van der Waals surface area contributed by atoms with E-state index in [4.69, 9.17) is 4.74 Å². The Labute approximate surface area is 161 Å². The van der Waals surface area contributed by atoms with E-state index < -0.39 is 11.9 Å². The fraction of sp³-hybridized carbons (Fsp3) is 0.190. The van der Waals surface area contributed by atoms with Crippen LogP contribution in [0.3, 0.4) is 0 Å². The largest absolute Gasteiger partial charge is 0.478 e. The Morgan fingerprint density at radius 1 is 1.11 bits per heavy atom. The van der Waals surface area contributed by atoms with Crippen LogP contribution in [0, 0.1) is 0 Å². The number of carbonyl (C=O) groups is 2. The van der Waals surface area contributed by atoms with Crippen LogP contribution in [0.1, 0.15) is 26.5 Å². The molecule has 1 unspecified atom stereocenters. The van der Waals surface area contributed by atoms with E-state index in [1.807, 2.05) is 36.5 Å². The first-order valence-corrected chi connectivity index (χ1v) is 8.95. The average Bonchev–Trinajstić information content (AvgIpc) is 3.16. The van der Waals surface area contributed by atoms with Gasteiger partial charge in [-0.25, -0.2) is 9.78 Å². The molecule has 7 nitrogen and oxygen atoms in total. The molecule has 0 aliphatic carbocycles. The second-order valence-corrected chi connectivity index (χ2v) is 6.53. The average molecular weight is 377 g/mol. The molecule has 0 saturated heterocycles. The number of hydrogen-bond donors (Lipinski definition) is 2. The molecule has 4 rings (SSSR count). The van der Waals surface area contributed by atoms with Crippen molar-refractivity contribution in [2.45, 2.75) is 19.3 Å². The summed E-state index contributed by atoms with van der Waals surface area (Å²) < 4.78 is 7.90. The number of imidazole rings is 1. The van der Waals surface area contributed by atoms with Crippen LogP contribution >= 0.6 is 0 Å². The van der Waals surface area contributed by atoms with Gasteiger partial charge in [-0.3, -0.25) is 4.79 Å². The number of benzene rings is 2.